The number of hydrogen-bond donors (Lipinski definition) is 2. The van der Waals surface area contributed by atoms with Crippen molar-refractivity contribution in [3.05, 3.63) is 29.8 Å². The second-order valence-electron chi connectivity index (χ2n) is 5.46. The first-order valence-corrected chi connectivity index (χ1v) is 7.52. The number of rotatable bonds is 7. The highest BCUT2D eigenvalue weighted by Gasteiger charge is 2.33. The number of benzene rings is 1. The van der Waals surface area contributed by atoms with Crippen LogP contribution < -0.4 is 15.8 Å². The number of carbonyl (C=O) groups excluding carboxylic acids is 2. The van der Waals surface area contributed by atoms with Crippen molar-refractivity contribution in [1.82, 2.24) is 10.2 Å². The maximum atomic E-state index is 12.0. The van der Waals surface area contributed by atoms with Crippen LogP contribution in [0.25, 0.3) is 0 Å². The van der Waals surface area contributed by atoms with Gasteiger partial charge in [-0.05, 0) is 30.7 Å². The highest BCUT2D eigenvalue weighted by atomic mass is 16.5. The molecule has 6 nitrogen and oxygen atoms in total. The highest BCUT2D eigenvalue weighted by Crippen LogP contribution is 2.21. The van der Waals surface area contributed by atoms with E-state index in [1.54, 1.807) is 12.0 Å². The van der Waals surface area contributed by atoms with Gasteiger partial charge in [0.25, 0.3) is 0 Å². The molecule has 1 atom stereocenters. The molecular formula is C16H23N3O3. The molecule has 120 valence electrons. The molecule has 22 heavy (non-hydrogen) atoms. The first kappa shape index (κ1) is 16.3. The Morgan fingerprint density at radius 1 is 1.41 bits per heavy atom. The van der Waals surface area contributed by atoms with E-state index in [0.717, 1.165) is 17.7 Å². The monoisotopic (exact) mass is 305 g/mol. The SMILES string of the molecule is COc1ccc(CN2CC(C(=O)NCCCN)CC2=O)cc1. The summed E-state index contributed by atoms with van der Waals surface area (Å²) < 4.78 is 5.11. The molecule has 1 aliphatic rings. The van der Waals surface area contributed by atoms with Crippen molar-refractivity contribution < 1.29 is 14.3 Å². The van der Waals surface area contributed by atoms with Crippen LogP contribution in [0.4, 0.5) is 0 Å². The third-order valence-corrected chi connectivity index (χ3v) is 3.80. The largest absolute Gasteiger partial charge is 0.497 e. The second kappa shape index (κ2) is 7.79. The van der Waals surface area contributed by atoms with E-state index in [4.69, 9.17) is 10.5 Å². The normalized spacial score (nSPS) is 17.6. The van der Waals surface area contributed by atoms with Gasteiger partial charge >= 0.3 is 0 Å². The molecule has 0 saturated carbocycles. The molecule has 1 aliphatic heterocycles. The fourth-order valence-corrected chi connectivity index (χ4v) is 2.51. The van der Waals surface area contributed by atoms with Crippen molar-refractivity contribution in [2.75, 3.05) is 26.7 Å². The molecular weight excluding hydrogens is 282 g/mol. The smallest absolute Gasteiger partial charge is 0.225 e. The van der Waals surface area contributed by atoms with Crippen LogP contribution in [-0.4, -0.2) is 43.5 Å². The molecule has 1 unspecified atom stereocenters. The quantitative estimate of drug-likeness (QED) is 0.719. The van der Waals surface area contributed by atoms with Gasteiger partial charge in [-0.15, -0.1) is 0 Å². The van der Waals surface area contributed by atoms with Crippen molar-refractivity contribution >= 4 is 11.8 Å². The van der Waals surface area contributed by atoms with Crippen LogP contribution in [0.15, 0.2) is 24.3 Å². The van der Waals surface area contributed by atoms with E-state index in [9.17, 15) is 9.59 Å². The summed E-state index contributed by atoms with van der Waals surface area (Å²) in [5.74, 6) is 0.492. The zero-order valence-electron chi connectivity index (χ0n) is 12.9. The van der Waals surface area contributed by atoms with Crippen molar-refractivity contribution in [2.24, 2.45) is 11.7 Å². The highest BCUT2D eigenvalue weighted by molar-refractivity contribution is 5.89. The van der Waals surface area contributed by atoms with E-state index in [2.05, 4.69) is 5.32 Å². The Bertz CT molecular complexity index is 516. The van der Waals surface area contributed by atoms with Gasteiger partial charge in [0.05, 0.1) is 13.0 Å². The van der Waals surface area contributed by atoms with E-state index in [1.807, 2.05) is 24.3 Å². The van der Waals surface area contributed by atoms with Crippen molar-refractivity contribution in [2.45, 2.75) is 19.4 Å². The average Bonchev–Trinajstić information content (AvgIpc) is 2.89. The van der Waals surface area contributed by atoms with Crippen molar-refractivity contribution in [3.63, 3.8) is 0 Å². The lowest BCUT2D eigenvalue weighted by Crippen LogP contribution is -2.34. The summed E-state index contributed by atoms with van der Waals surface area (Å²) in [6.07, 6.45) is 1.03. The summed E-state index contributed by atoms with van der Waals surface area (Å²) in [5, 5.41) is 2.83. The number of methoxy groups -OCH3 is 1. The topological polar surface area (TPSA) is 84.7 Å². The third kappa shape index (κ3) is 4.21. The van der Waals surface area contributed by atoms with Gasteiger partial charge in [-0.1, -0.05) is 12.1 Å². The maximum absolute atomic E-state index is 12.0. The minimum atomic E-state index is -0.261. The van der Waals surface area contributed by atoms with Crippen LogP contribution in [0.5, 0.6) is 5.75 Å². The molecule has 3 N–H and O–H groups in total. The Morgan fingerprint density at radius 2 is 2.14 bits per heavy atom. The van der Waals surface area contributed by atoms with Crippen molar-refractivity contribution in [3.8, 4) is 5.75 Å². The van der Waals surface area contributed by atoms with Crippen molar-refractivity contribution in [1.29, 1.82) is 0 Å². The summed E-state index contributed by atoms with van der Waals surface area (Å²) in [6, 6.07) is 7.60. The number of ether oxygens (including phenoxy) is 1. The Balaban J connectivity index is 1.87. The molecule has 1 fully saturated rings. The first-order chi connectivity index (χ1) is 10.6. The Labute approximate surface area is 130 Å². The lowest BCUT2D eigenvalue weighted by molar-refractivity contribution is -0.129. The predicted molar refractivity (Wildman–Crippen MR) is 83.2 cm³/mol. The van der Waals surface area contributed by atoms with Crippen LogP contribution in [0, 0.1) is 5.92 Å². The van der Waals surface area contributed by atoms with Gasteiger partial charge in [0.15, 0.2) is 0 Å². The Kier molecular flexibility index (Phi) is 5.77. The molecule has 1 saturated heterocycles. The fraction of sp³-hybridized carbons (Fsp3) is 0.500. The summed E-state index contributed by atoms with van der Waals surface area (Å²) in [4.78, 5) is 25.8. The van der Waals surface area contributed by atoms with Crippen LogP contribution >= 0.6 is 0 Å². The molecule has 1 heterocycles. The molecule has 0 bridgehead atoms. The molecule has 2 rings (SSSR count). The number of amides is 2. The van der Waals surface area contributed by atoms with E-state index in [0.29, 0.717) is 26.2 Å². The number of nitrogens with two attached hydrogens (primary N) is 1. The minimum Gasteiger partial charge on any atom is -0.497 e. The van der Waals surface area contributed by atoms with Gasteiger partial charge < -0.3 is 20.7 Å². The van der Waals surface area contributed by atoms with Crippen LogP contribution in [0.1, 0.15) is 18.4 Å². The van der Waals surface area contributed by atoms with Gasteiger partial charge in [-0.25, -0.2) is 0 Å². The zero-order chi connectivity index (χ0) is 15.9. The molecule has 0 aromatic heterocycles. The van der Waals surface area contributed by atoms with E-state index >= 15 is 0 Å². The standard InChI is InChI=1S/C16H23N3O3/c1-22-14-5-3-12(4-6-14)10-19-11-13(9-15(19)20)16(21)18-8-2-7-17/h3-6,13H,2,7-11,17H2,1H3,(H,18,21). The maximum Gasteiger partial charge on any atom is 0.225 e. The molecule has 0 aliphatic carbocycles. The van der Waals surface area contributed by atoms with E-state index in [-0.39, 0.29) is 24.2 Å². The number of likely N-dealkylation sites (tertiary alicyclic amines) is 1. The number of nitrogens with one attached hydrogen (secondary N) is 1. The predicted octanol–water partition coefficient (Wildman–Crippen LogP) is 0.509. The second-order valence-corrected chi connectivity index (χ2v) is 5.46. The van der Waals surface area contributed by atoms with Gasteiger partial charge in [-0.2, -0.15) is 0 Å². The number of hydrogen-bond acceptors (Lipinski definition) is 4. The van der Waals surface area contributed by atoms with Crippen LogP contribution in [-0.2, 0) is 16.1 Å². The first-order valence-electron chi connectivity index (χ1n) is 7.52. The lowest BCUT2D eigenvalue weighted by Gasteiger charge is -2.17. The molecule has 0 radical (unpaired) electrons. The molecule has 1 aromatic rings. The Hall–Kier alpha value is -2.08. The van der Waals surface area contributed by atoms with Gasteiger partial charge in [0.1, 0.15) is 5.75 Å². The van der Waals surface area contributed by atoms with Crippen LogP contribution in [0.2, 0.25) is 0 Å². The number of carbonyl (C=O) groups is 2. The Morgan fingerprint density at radius 3 is 2.77 bits per heavy atom. The summed E-state index contributed by atoms with van der Waals surface area (Å²) >= 11 is 0. The third-order valence-electron chi connectivity index (χ3n) is 3.80. The van der Waals surface area contributed by atoms with E-state index < -0.39 is 0 Å². The summed E-state index contributed by atoms with van der Waals surface area (Å²) in [6.45, 7) is 2.11. The number of nitrogens with zero attached hydrogens (tertiary/aromatic N) is 1. The minimum absolute atomic E-state index is 0.0230. The molecule has 0 spiro atoms. The van der Waals surface area contributed by atoms with Gasteiger partial charge in [-0.3, -0.25) is 9.59 Å². The lowest BCUT2D eigenvalue weighted by atomic mass is 10.1. The summed E-state index contributed by atoms with van der Waals surface area (Å²) in [5.41, 5.74) is 6.42. The fourth-order valence-electron chi connectivity index (χ4n) is 2.51. The van der Waals surface area contributed by atoms with Gasteiger partial charge in [0.2, 0.25) is 11.8 Å². The van der Waals surface area contributed by atoms with Gasteiger partial charge in [0, 0.05) is 26.1 Å². The average molecular weight is 305 g/mol. The summed E-state index contributed by atoms with van der Waals surface area (Å²) in [7, 11) is 1.62. The molecule has 2 amide bonds. The molecule has 6 heteroatoms. The molecule has 1 aromatic carbocycles. The zero-order valence-corrected chi connectivity index (χ0v) is 12.9. The van der Waals surface area contributed by atoms with Crippen LogP contribution in [0.3, 0.4) is 0 Å². The van der Waals surface area contributed by atoms with E-state index in [1.165, 1.54) is 0 Å².